The van der Waals surface area contributed by atoms with Crippen molar-refractivity contribution in [1.82, 2.24) is 25.9 Å². The predicted molar refractivity (Wildman–Crippen MR) is 158 cm³/mol. The van der Waals surface area contributed by atoms with Crippen LogP contribution in [0.15, 0.2) is 78.9 Å². The molecule has 4 N–H and O–H groups in total. The van der Waals surface area contributed by atoms with Crippen LogP contribution in [0.4, 0.5) is 11.6 Å². The lowest BCUT2D eigenvalue weighted by Crippen LogP contribution is -2.41. The molecule has 0 aliphatic heterocycles. The third-order valence-corrected chi connectivity index (χ3v) is 7.21. The summed E-state index contributed by atoms with van der Waals surface area (Å²) in [5.74, 6) is 0.0524. The zero-order valence-electron chi connectivity index (χ0n) is 22.2. The highest BCUT2D eigenvalue weighted by atomic mass is 35.5. The molecule has 10 heteroatoms. The molecule has 1 aromatic heterocycles. The van der Waals surface area contributed by atoms with E-state index in [2.05, 4.69) is 61.6 Å². The molecular formula is C30H31ClN8O. The lowest BCUT2D eigenvalue weighted by Gasteiger charge is -2.29. The van der Waals surface area contributed by atoms with Crippen molar-refractivity contribution in [2.24, 2.45) is 0 Å². The number of benzene rings is 3. The van der Waals surface area contributed by atoms with E-state index in [0.29, 0.717) is 17.1 Å². The number of allylic oxidation sites excluding steroid dienone is 2. The number of amides is 1. The SMILES string of the molecule is CC(NC(=N)N(Cc1ccc(C(=O)Nc2nn[nH]n2)cc1)c1ccc(C2=CCCCC2)cc1)c1ccc(Cl)cc1. The van der Waals surface area contributed by atoms with Gasteiger partial charge in [0.1, 0.15) is 0 Å². The van der Waals surface area contributed by atoms with Gasteiger partial charge in [0.2, 0.25) is 0 Å². The van der Waals surface area contributed by atoms with E-state index in [1.165, 1.54) is 24.0 Å². The monoisotopic (exact) mass is 554 g/mol. The van der Waals surface area contributed by atoms with Crippen LogP contribution in [-0.2, 0) is 6.54 Å². The van der Waals surface area contributed by atoms with Crippen molar-refractivity contribution in [2.45, 2.75) is 45.2 Å². The maximum atomic E-state index is 12.5. The van der Waals surface area contributed by atoms with Crippen molar-refractivity contribution in [2.75, 3.05) is 10.2 Å². The van der Waals surface area contributed by atoms with Crippen LogP contribution in [0.25, 0.3) is 5.57 Å². The number of carbonyl (C=O) groups is 1. The van der Waals surface area contributed by atoms with Crippen molar-refractivity contribution in [3.05, 3.63) is 106 Å². The van der Waals surface area contributed by atoms with Crippen molar-refractivity contribution in [3.63, 3.8) is 0 Å². The van der Waals surface area contributed by atoms with E-state index in [4.69, 9.17) is 17.0 Å². The molecule has 1 aliphatic rings. The molecule has 1 unspecified atom stereocenters. The Morgan fingerprint density at radius 1 is 1.05 bits per heavy atom. The minimum absolute atomic E-state index is 0.102. The molecular weight excluding hydrogens is 524 g/mol. The molecule has 1 atom stereocenters. The third kappa shape index (κ3) is 6.73. The number of guanidine groups is 1. The van der Waals surface area contributed by atoms with Gasteiger partial charge in [-0.15, -0.1) is 5.10 Å². The van der Waals surface area contributed by atoms with Gasteiger partial charge in [-0.1, -0.05) is 59.2 Å². The molecule has 0 saturated heterocycles. The van der Waals surface area contributed by atoms with Gasteiger partial charge in [0, 0.05) is 16.3 Å². The Bertz CT molecular complexity index is 1470. The number of nitrogens with zero attached hydrogens (tertiary/aromatic N) is 4. The number of anilines is 2. The molecule has 0 spiro atoms. The molecule has 5 rings (SSSR count). The molecule has 1 heterocycles. The van der Waals surface area contributed by atoms with Gasteiger partial charge in [0.05, 0.1) is 12.6 Å². The number of halogens is 1. The van der Waals surface area contributed by atoms with Crippen molar-refractivity contribution >= 4 is 40.7 Å². The summed E-state index contributed by atoms with van der Waals surface area (Å²) in [6.07, 6.45) is 7.04. The average Bonchev–Trinajstić information content (AvgIpc) is 3.50. The lowest BCUT2D eigenvalue weighted by molar-refractivity contribution is 0.102. The summed E-state index contributed by atoms with van der Waals surface area (Å²) < 4.78 is 0. The average molecular weight is 555 g/mol. The molecule has 3 aromatic carbocycles. The molecule has 0 fully saturated rings. The Morgan fingerprint density at radius 3 is 2.45 bits per heavy atom. The Hall–Kier alpha value is -4.50. The minimum Gasteiger partial charge on any atom is -0.350 e. The van der Waals surface area contributed by atoms with E-state index in [1.807, 2.05) is 48.2 Å². The number of aromatic amines is 1. The summed E-state index contributed by atoms with van der Waals surface area (Å²) in [7, 11) is 0. The van der Waals surface area contributed by atoms with E-state index in [1.54, 1.807) is 12.1 Å². The lowest BCUT2D eigenvalue weighted by atomic mass is 9.93. The fraction of sp³-hybridized carbons (Fsp3) is 0.233. The second-order valence-corrected chi connectivity index (χ2v) is 10.2. The Labute approximate surface area is 238 Å². The van der Waals surface area contributed by atoms with Crippen LogP contribution in [0.5, 0.6) is 0 Å². The molecule has 1 amide bonds. The van der Waals surface area contributed by atoms with Crippen LogP contribution in [0, 0.1) is 5.41 Å². The molecule has 1 aliphatic carbocycles. The second-order valence-electron chi connectivity index (χ2n) is 9.76. The maximum absolute atomic E-state index is 12.5. The number of rotatable bonds is 8. The van der Waals surface area contributed by atoms with E-state index in [-0.39, 0.29) is 23.9 Å². The fourth-order valence-electron chi connectivity index (χ4n) is 4.71. The highest BCUT2D eigenvalue weighted by molar-refractivity contribution is 6.30. The van der Waals surface area contributed by atoms with Crippen LogP contribution in [-0.4, -0.2) is 32.5 Å². The number of hydrogen-bond donors (Lipinski definition) is 4. The molecule has 40 heavy (non-hydrogen) atoms. The third-order valence-electron chi connectivity index (χ3n) is 6.96. The molecule has 9 nitrogen and oxygen atoms in total. The summed E-state index contributed by atoms with van der Waals surface area (Å²) in [6.45, 7) is 2.46. The zero-order valence-corrected chi connectivity index (χ0v) is 22.9. The van der Waals surface area contributed by atoms with Crippen LogP contribution in [0.3, 0.4) is 0 Å². The number of H-pyrrole nitrogens is 1. The highest BCUT2D eigenvalue weighted by Gasteiger charge is 2.18. The van der Waals surface area contributed by atoms with E-state index in [9.17, 15) is 4.79 Å². The summed E-state index contributed by atoms with van der Waals surface area (Å²) in [5.41, 5.74) is 5.97. The number of hydrogen-bond acceptors (Lipinski definition) is 5. The number of aromatic nitrogens is 4. The quantitative estimate of drug-likeness (QED) is 0.148. The normalized spacial score (nSPS) is 13.7. The number of tetrazole rings is 1. The largest absolute Gasteiger partial charge is 0.350 e. The standard InChI is InChI=1S/C30H31ClN8O/c1-20(22-11-15-26(31)16-12-22)33-29(32)39(27-17-13-24(14-18-27)23-5-3-2-4-6-23)19-21-7-9-25(10-8-21)28(40)34-30-35-37-38-36-30/h5,7-18,20H,2-4,6,19H2,1H3,(H2,32,33)(H2,34,35,36,37,38,40). The van der Waals surface area contributed by atoms with Gasteiger partial charge in [0.15, 0.2) is 5.96 Å². The first kappa shape index (κ1) is 27.1. The minimum atomic E-state index is -0.330. The van der Waals surface area contributed by atoms with Gasteiger partial charge in [-0.05, 0) is 96.5 Å². The van der Waals surface area contributed by atoms with Gasteiger partial charge in [0.25, 0.3) is 11.9 Å². The molecule has 0 saturated carbocycles. The maximum Gasteiger partial charge on any atom is 0.270 e. The Morgan fingerprint density at radius 2 is 1.80 bits per heavy atom. The fourth-order valence-corrected chi connectivity index (χ4v) is 4.83. The predicted octanol–water partition coefficient (Wildman–Crippen LogP) is 6.35. The van der Waals surface area contributed by atoms with Crippen LogP contribution in [0.2, 0.25) is 5.02 Å². The van der Waals surface area contributed by atoms with E-state index >= 15 is 0 Å². The first-order chi connectivity index (χ1) is 19.5. The highest BCUT2D eigenvalue weighted by Crippen LogP contribution is 2.29. The zero-order chi connectivity index (χ0) is 27.9. The molecule has 0 bridgehead atoms. The smallest absolute Gasteiger partial charge is 0.270 e. The van der Waals surface area contributed by atoms with Gasteiger partial charge in [-0.25, -0.2) is 0 Å². The van der Waals surface area contributed by atoms with Crippen LogP contribution < -0.4 is 15.5 Å². The van der Waals surface area contributed by atoms with Crippen molar-refractivity contribution in [3.8, 4) is 0 Å². The summed E-state index contributed by atoms with van der Waals surface area (Å²) in [5, 5.41) is 28.9. The van der Waals surface area contributed by atoms with Crippen LogP contribution >= 0.6 is 11.6 Å². The van der Waals surface area contributed by atoms with E-state index < -0.39 is 0 Å². The molecule has 204 valence electrons. The first-order valence-electron chi connectivity index (χ1n) is 13.3. The van der Waals surface area contributed by atoms with Crippen molar-refractivity contribution in [1.29, 1.82) is 5.41 Å². The Kier molecular flexibility index (Phi) is 8.51. The van der Waals surface area contributed by atoms with Gasteiger partial charge in [-0.2, -0.15) is 5.21 Å². The summed E-state index contributed by atoms with van der Waals surface area (Å²) >= 11 is 6.07. The van der Waals surface area contributed by atoms with Crippen LogP contribution in [0.1, 0.15) is 65.7 Å². The second kappa shape index (κ2) is 12.6. The topological polar surface area (TPSA) is 123 Å². The van der Waals surface area contributed by atoms with Gasteiger partial charge in [-0.3, -0.25) is 15.5 Å². The Balaban J connectivity index is 1.35. The molecule has 0 radical (unpaired) electrons. The number of carbonyl (C=O) groups excluding carboxylic acids is 1. The van der Waals surface area contributed by atoms with E-state index in [0.717, 1.165) is 29.7 Å². The first-order valence-corrected chi connectivity index (χ1v) is 13.7. The van der Waals surface area contributed by atoms with Gasteiger partial charge >= 0.3 is 0 Å². The summed E-state index contributed by atoms with van der Waals surface area (Å²) in [4.78, 5) is 14.4. The molecule has 4 aromatic rings. The summed E-state index contributed by atoms with van der Waals surface area (Å²) in [6, 6.07) is 23.2. The number of nitrogens with one attached hydrogen (secondary N) is 4. The van der Waals surface area contributed by atoms with Crippen molar-refractivity contribution < 1.29 is 4.79 Å². The van der Waals surface area contributed by atoms with Gasteiger partial charge < -0.3 is 10.2 Å².